The molecule has 1 saturated heterocycles. The summed E-state index contributed by atoms with van der Waals surface area (Å²) in [5.74, 6) is 0. The predicted octanol–water partition coefficient (Wildman–Crippen LogP) is 1.69. The third kappa shape index (κ3) is 2.28. The maximum Gasteiger partial charge on any atom is 0.194 e. The Hall–Kier alpha value is 0.467. The van der Waals surface area contributed by atoms with Gasteiger partial charge in [0, 0.05) is 11.6 Å². The molecular weight excluding hydrogens is 152 g/mol. The normalized spacial score (nSPS) is 32.0. The number of alkyl halides is 1. The van der Waals surface area contributed by atoms with E-state index >= 15 is 0 Å². The first-order chi connectivity index (χ1) is 4.30. The Balaban J connectivity index is 2.23. The fourth-order valence-corrected chi connectivity index (χ4v) is 3.78. The van der Waals surface area contributed by atoms with Crippen LogP contribution in [0.4, 0.5) is 0 Å². The van der Waals surface area contributed by atoms with Gasteiger partial charge in [0.05, 0.1) is 0 Å². The van der Waals surface area contributed by atoms with Gasteiger partial charge in [0.1, 0.15) is 0 Å². The van der Waals surface area contributed by atoms with Crippen molar-refractivity contribution in [1.82, 2.24) is 0 Å². The van der Waals surface area contributed by atoms with E-state index in [0.717, 1.165) is 6.61 Å². The standard InChI is InChI=1S/C6H13ClOSi/c1-6(7)9-5-3-2-4-8-9/h6,9H,2-5H2,1H3. The van der Waals surface area contributed by atoms with Crippen LogP contribution in [0.25, 0.3) is 0 Å². The van der Waals surface area contributed by atoms with Crippen molar-refractivity contribution in [3.63, 3.8) is 0 Å². The molecule has 2 unspecified atom stereocenters. The molecule has 0 amide bonds. The number of hydrogen-bond donors (Lipinski definition) is 0. The van der Waals surface area contributed by atoms with Gasteiger partial charge in [-0.3, -0.25) is 0 Å². The molecule has 0 N–H and O–H groups in total. The summed E-state index contributed by atoms with van der Waals surface area (Å²) in [5, 5.41) is 0.324. The van der Waals surface area contributed by atoms with Crippen LogP contribution in [-0.2, 0) is 4.43 Å². The summed E-state index contributed by atoms with van der Waals surface area (Å²) in [7, 11) is -0.934. The van der Waals surface area contributed by atoms with Crippen LogP contribution >= 0.6 is 11.6 Å². The Kier molecular flexibility index (Phi) is 3.02. The fourth-order valence-electron chi connectivity index (χ4n) is 1.13. The molecule has 1 fully saturated rings. The highest BCUT2D eigenvalue weighted by atomic mass is 35.5. The van der Waals surface area contributed by atoms with Gasteiger partial charge in [-0.2, -0.15) is 0 Å². The number of hydrogen-bond acceptors (Lipinski definition) is 1. The van der Waals surface area contributed by atoms with Crippen molar-refractivity contribution in [3.8, 4) is 0 Å². The molecule has 0 radical (unpaired) electrons. The van der Waals surface area contributed by atoms with Gasteiger partial charge in [0.2, 0.25) is 0 Å². The first kappa shape index (κ1) is 7.57. The lowest BCUT2D eigenvalue weighted by Crippen LogP contribution is -2.31. The van der Waals surface area contributed by atoms with Crippen LogP contribution in [0.1, 0.15) is 19.8 Å². The first-order valence-corrected chi connectivity index (χ1v) is 5.95. The van der Waals surface area contributed by atoms with Gasteiger partial charge in [-0.25, -0.2) is 0 Å². The predicted molar refractivity (Wildman–Crippen MR) is 42.5 cm³/mol. The number of halogens is 1. The van der Waals surface area contributed by atoms with E-state index in [2.05, 4.69) is 6.92 Å². The van der Waals surface area contributed by atoms with Crippen LogP contribution in [0.5, 0.6) is 0 Å². The molecule has 0 aromatic heterocycles. The molecule has 1 nitrogen and oxygen atoms in total. The Labute approximate surface area is 63.1 Å². The highest BCUT2D eigenvalue weighted by Crippen LogP contribution is 2.15. The summed E-state index contributed by atoms with van der Waals surface area (Å²) in [5.41, 5.74) is 0. The lowest BCUT2D eigenvalue weighted by molar-refractivity contribution is 0.286. The molecule has 1 aliphatic heterocycles. The van der Waals surface area contributed by atoms with Crippen molar-refractivity contribution in [3.05, 3.63) is 0 Å². The van der Waals surface area contributed by atoms with Crippen molar-refractivity contribution >= 4 is 20.6 Å². The third-order valence-corrected chi connectivity index (χ3v) is 5.24. The van der Waals surface area contributed by atoms with Crippen molar-refractivity contribution in [2.75, 3.05) is 6.61 Å². The topological polar surface area (TPSA) is 9.23 Å². The summed E-state index contributed by atoms with van der Waals surface area (Å²) in [6.07, 6.45) is 2.58. The molecule has 0 aliphatic carbocycles. The Morgan fingerprint density at radius 3 is 2.67 bits per heavy atom. The van der Waals surface area contributed by atoms with E-state index in [1.54, 1.807) is 0 Å². The zero-order valence-electron chi connectivity index (χ0n) is 5.77. The molecule has 0 saturated carbocycles. The highest BCUT2D eigenvalue weighted by Gasteiger charge is 2.20. The summed E-state index contributed by atoms with van der Waals surface area (Å²) < 4.78 is 5.55. The second-order valence-corrected chi connectivity index (χ2v) is 6.68. The van der Waals surface area contributed by atoms with Gasteiger partial charge in [-0.1, -0.05) is 6.42 Å². The summed E-state index contributed by atoms with van der Waals surface area (Å²) in [4.78, 5) is 0. The molecule has 3 heteroatoms. The van der Waals surface area contributed by atoms with Crippen LogP contribution in [0.2, 0.25) is 6.04 Å². The molecule has 0 bridgehead atoms. The van der Waals surface area contributed by atoms with E-state index in [1.807, 2.05) is 0 Å². The quantitative estimate of drug-likeness (QED) is 0.424. The molecule has 9 heavy (non-hydrogen) atoms. The zero-order valence-corrected chi connectivity index (χ0v) is 7.68. The van der Waals surface area contributed by atoms with Crippen molar-refractivity contribution in [1.29, 1.82) is 0 Å². The molecule has 1 aliphatic rings. The smallest absolute Gasteiger partial charge is 0.194 e. The van der Waals surface area contributed by atoms with Crippen molar-refractivity contribution < 1.29 is 4.43 Å². The van der Waals surface area contributed by atoms with Gasteiger partial charge in [0.25, 0.3) is 0 Å². The lowest BCUT2D eigenvalue weighted by Gasteiger charge is -2.22. The highest BCUT2D eigenvalue weighted by molar-refractivity contribution is 6.64. The van der Waals surface area contributed by atoms with E-state index in [4.69, 9.17) is 16.0 Å². The van der Waals surface area contributed by atoms with Gasteiger partial charge >= 0.3 is 0 Å². The summed E-state index contributed by atoms with van der Waals surface area (Å²) in [6, 6.07) is 1.28. The maximum absolute atomic E-state index is 5.89. The van der Waals surface area contributed by atoms with Crippen LogP contribution in [-0.4, -0.2) is 20.6 Å². The van der Waals surface area contributed by atoms with E-state index in [1.165, 1.54) is 18.9 Å². The Morgan fingerprint density at radius 2 is 2.33 bits per heavy atom. The Morgan fingerprint density at radius 1 is 1.56 bits per heavy atom. The monoisotopic (exact) mass is 164 g/mol. The van der Waals surface area contributed by atoms with Crippen LogP contribution in [0.3, 0.4) is 0 Å². The van der Waals surface area contributed by atoms with E-state index in [-0.39, 0.29) is 0 Å². The van der Waals surface area contributed by atoms with E-state index in [0.29, 0.717) is 5.00 Å². The molecule has 1 rings (SSSR count). The van der Waals surface area contributed by atoms with Crippen LogP contribution in [0.15, 0.2) is 0 Å². The minimum Gasteiger partial charge on any atom is -0.419 e. The van der Waals surface area contributed by atoms with Gasteiger partial charge < -0.3 is 4.43 Å². The molecule has 0 aromatic rings. The zero-order chi connectivity index (χ0) is 6.69. The SMILES string of the molecule is CC(Cl)[SiH]1CCCCO1. The van der Waals surface area contributed by atoms with Crippen molar-refractivity contribution in [2.24, 2.45) is 0 Å². The fraction of sp³-hybridized carbons (Fsp3) is 1.00. The second-order valence-electron chi connectivity index (χ2n) is 2.58. The first-order valence-electron chi connectivity index (χ1n) is 3.56. The Bertz CT molecular complexity index is 81.1. The minimum absolute atomic E-state index is 0.324. The molecule has 0 spiro atoms. The van der Waals surface area contributed by atoms with Gasteiger partial charge in [0.15, 0.2) is 9.04 Å². The van der Waals surface area contributed by atoms with Crippen LogP contribution < -0.4 is 0 Å². The van der Waals surface area contributed by atoms with E-state index in [9.17, 15) is 0 Å². The maximum atomic E-state index is 5.89. The lowest BCUT2D eigenvalue weighted by atomic mass is 10.4. The van der Waals surface area contributed by atoms with Gasteiger partial charge in [-0.15, -0.1) is 11.6 Å². The summed E-state index contributed by atoms with van der Waals surface area (Å²) >= 11 is 5.89. The minimum atomic E-state index is -0.934. The third-order valence-electron chi connectivity index (χ3n) is 1.73. The molecule has 1 heterocycles. The second kappa shape index (κ2) is 3.59. The number of rotatable bonds is 1. The summed E-state index contributed by atoms with van der Waals surface area (Å²) in [6.45, 7) is 3.03. The molecular formula is C6H13ClOSi. The molecule has 2 atom stereocenters. The average Bonchev–Trinajstić information content (AvgIpc) is 1.90. The largest absolute Gasteiger partial charge is 0.419 e. The molecule has 0 aromatic carbocycles. The molecule has 54 valence electrons. The average molecular weight is 165 g/mol. The van der Waals surface area contributed by atoms with Gasteiger partial charge in [-0.05, 0) is 19.4 Å². The van der Waals surface area contributed by atoms with Crippen LogP contribution in [0, 0.1) is 0 Å². The van der Waals surface area contributed by atoms with E-state index < -0.39 is 9.04 Å². The van der Waals surface area contributed by atoms with Crippen molar-refractivity contribution in [2.45, 2.75) is 30.8 Å².